The molecular formula is C16H18ClNO. The van der Waals surface area contributed by atoms with Crippen LogP contribution in [0.3, 0.4) is 0 Å². The van der Waals surface area contributed by atoms with Crippen molar-refractivity contribution in [3.05, 3.63) is 35.5 Å². The number of benzene rings is 1. The van der Waals surface area contributed by atoms with Gasteiger partial charge in [0.2, 0.25) is 0 Å². The Hall–Kier alpha value is -1.28. The second kappa shape index (κ2) is 5.38. The molecule has 1 aliphatic rings. The zero-order chi connectivity index (χ0) is 13.2. The van der Waals surface area contributed by atoms with Crippen molar-refractivity contribution in [2.75, 3.05) is 0 Å². The molecule has 3 heteroatoms. The van der Waals surface area contributed by atoms with Crippen LogP contribution in [0.25, 0.3) is 10.9 Å². The Bertz CT molecular complexity index is 596. The van der Waals surface area contributed by atoms with E-state index in [4.69, 9.17) is 11.6 Å². The van der Waals surface area contributed by atoms with E-state index in [0.29, 0.717) is 12.3 Å². The lowest BCUT2D eigenvalue weighted by Gasteiger charge is -2.20. The molecule has 3 rings (SSSR count). The van der Waals surface area contributed by atoms with Crippen molar-refractivity contribution in [1.82, 2.24) is 4.57 Å². The molecule has 1 aliphatic carbocycles. The van der Waals surface area contributed by atoms with Gasteiger partial charge in [-0.05, 0) is 25.0 Å². The molecule has 0 spiro atoms. The largest absolute Gasteiger partial charge is 0.339 e. The fourth-order valence-corrected chi connectivity index (χ4v) is 3.36. The molecule has 1 fully saturated rings. The number of ketones is 1. The number of aromatic nitrogens is 1. The zero-order valence-corrected chi connectivity index (χ0v) is 11.7. The minimum absolute atomic E-state index is 0.258. The van der Waals surface area contributed by atoms with E-state index >= 15 is 0 Å². The van der Waals surface area contributed by atoms with Crippen molar-refractivity contribution < 1.29 is 4.79 Å². The number of hydrogen-bond donors (Lipinski definition) is 0. The van der Waals surface area contributed by atoms with E-state index in [0.717, 1.165) is 28.8 Å². The quantitative estimate of drug-likeness (QED) is 0.811. The van der Waals surface area contributed by atoms with Gasteiger partial charge in [-0.3, -0.25) is 4.79 Å². The van der Waals surface area contributed by atoms with Crippen LogP contribution in [-0.4, -0.2) is 10.4 Å². The maximum absolute atomic E-state index is 12.4. The molecule has 2 aromatic rings. The molecule has 0 N–H and O–H groups in total. The van der Waals surface area contributed by atoms with E-state index in [2.05, 4.69) is 0 Å². The first-order chi connectivity index (χ1) is 9.25. The van der Waals surface area contributed by atoms with Crippen molar-refractivity contribution in [2.45, 2.75) is 38.6 Å². The molecular weight excluding hydrogens is 258 g/mol. The number of para-hydroxylation sites is 1. The van der Waals surface area contributed by atoms with Crippen LogP contribution in [0.15, 0.2) is 30.5 Å². The normalized spacial score (nSPS) is 16.9. The molecule has 0 radical (unpaired) electrons. The van der Waals surface area contributed by atoms with Crippen LogP contribution in [-0.2, 0) is 11.3 Å². The summed E-state index contributed by atoms with van der Waals surface area (Å²) < 4.78 is 1.99. The number of halogens is 1. The van der Waals surface area contributed by atoms with Gasteiger partial charge in [0, 0.05) is 17.5 Å². The van der Waals surface area contributed by atoms with Gasteiger partial charge in [-0.25, -0.2) is 0 Å². The Morgan fingerprint density at radius 2 is 2.00 bits per heavy atom. The Labute approximate surface area is 118 Å². The average molecular weight is 276 g/mol. The molecule has 100 valence electrons. The van der Waals surface area contributed by atoms with Crippen LogP contribution in [0, 0.1) is 5.92 Å². The van der Waals surface area contributed by atoms with Gasteiger partial charge in [-0.1, -0.05) is 43.0 Å². The average Bonchev–Trinajstić information content (AvgIpc) is 2.84. The minimum Gasteiger partial charge on any atom is -0.339 e. The number of rotatable bonds is 3. The van der Waals surface area contributed by atoms with E-state index in [9.17, 15) is 4.79 Å². The smallest absolute Gasteiger partial charge is 0.155 e. The van der Waals surface area contributed by atoms with Gasteiger partial charge < -0.3 is 4.57 Å². The number of carbonyl (C=O) groups is 1. The lowest BCUT2D eigenvalue weighted by molar-refractivity contribution is -0.124. The van der Waals surface area contributed by atoms with Gasteiger partial charge in [-0.2, -0.15) is 0 Å². The fourth-order valence-electron chi connectivity index (χ4n) is 3.07. The maximum atomic E-state index is 12.4. The topological polar surface area (TPSA) is 22.0 Å². The molecule has 1 saturated carbocycles. The predicted octanol–water partition coefficient (Wildman–Crippen LogP) is 4.44. The molecule has 0 bridgehead atoms. The standard InChI is InChI=1S/C16H18ClNO/c17-14-8-4-7-13-9-10-18(16(13)14)11-15(19)12-5-2-1-3-6-12/h4,7-10,12H,1-3,5-6,11H2. The lowest BCUT2D eigenvalue weighted by atomic mass is 9.86. The van der Waals surface area contributed by atoms with Crippen molar-refractivity contribution in [3.8, 4) is 0 Å². The molecule has 1 aromatic heterocycles. The van der Waals surface area contributed by atoms with E-state index < -0.39 is 0 Å². The van der Waals surface area contributed by atoms with E-state index in [1.54, 1.807) is 0 Å². The number of Topliss-reactive ketones (excluding diaryl/α,β-unsaturated/α-hetero) is 1. The maximum Gasteiger partial charge on any atom is 0.155 e. The van der Waals surface area contributed by atoms with Crippen LogP contribution in [0.4, 0.5) is 0 Å². The summed E-state index contributed by atoms with van der Waals surface area (Å²) in [4.78, 5) is 12.4. The first kappa shape index (κ1) is 12.7. The van der Waals surface area contributed by atoms with Crippen molar-refractivity contribution in [2.24, 2.45) is 5.92 Å². The van der Waals surface area contributed by atoms with Gasteiger partial charge in [0.05, 0.1) is 17.1 Å². The highest BCUT2D eigenvalue weighted by atomic mass is 35.5. The second-order valence-electron chi connectivity index (χ2n) is 5.42. The molecule has 0 unspecified atom stereocenters. The van der Waals surface area contributed by atoms with Gasteiger partial charge in [0.15, 0.2) is 5.78 Å². The third kappa shape index (κ3) is 2.55. The van der Waals surface area contributed by atoms with Gasteiger partial charge >= 0.3 is 0 Å². The van der Waals surface area contributed by atoms with Gasteiger partial charge in [0.1, 0.15) is 0 Å². The summed E-state index contributed by atoms with van der Waals surface area (Å²) in [5.74, 6) is 0.616. The summed E-state index contributed by atoms with van der Waals surface area (Å²) in [7, 11) is 0. The zero-order valence-electron chi connectivity index (χ0n) is 10.9. The first-order valence-corrected chi connectivity index (χ1v) is 7.39. The molecule has 2 nitrogen and oxygen atoms in total. The number of fused-ring (bicyclic) bond motifs is 1. The Morgan fingerprint density at radius 1 is 1.21 bits per heavy atom. The number of hydrogen-bond acceptors (Lipinski definition) is 1. The first-order valence-electron chi connectivity index (χ1n) is 7.02. The SMILES string of the molecule is O=C(Cn1ccc2cccc(Cl)c21)C1CCCCC1. The second-order valence-corrected chi connectivity index (χ2v) is 5.83. The van der Waals surface area contributed by atoms with E-state index in [-0.39, 0.29) is 5.92 Å². The molecule has 0 amide bonds. The lowest BCUT2D eigenvalue weighted by Crippen LogP contribution is -2.22. The summed E-state index contributed by atoms with van der Waals surface area (Å²) in [6.45, 7) is 0.456. The highest BCUT2D eigenvalue weighted by Gasteiger charge is 2.21. The van der Waals surface area contributed by atoms with E-state index in [1.807, 2.05) is 35.0 Å². The predicted molar refractivity (Wildman–Crippen MR) is 78.5 cm³/mol. The Balaban J connectivity index is 1.83. The highest BCUT2D eigenvalue weighted by molar-refractivity contribution is 6.35. The summed E-state index contributed by atoms with van der Waals surface area (Å²) in [5.41, 5.74) is 0.980. The fraction of sp³-hybridized carbons (Fsp3) is 0.438. The minimum atomic E-state index is 0.258. The van der Waals surface area contributed by atoms with Crippen molar-refractivity contribution in [3.63, 3.8) is 0 Å². The molecule has 0 aliphatic heterocycles. The molecule has 19 heavy (non-hydrogen) atoms. The van der Waals surface area contributed by atoms with Crippen LogP contribution >= 0.6 is 11.6 Å². The van der Waals surface area contributed by atoms with Crippen molar-refractivity contribution in [1.29, 1.82) is 0 Å². The van der Waals surface area contributed by atoms with Crippen molar-refractivity contribution >= 4 is 28.3 Å². The third-order valence-electron chi connectivity index (χ3n) is 4.13. The summed E-state index contributed by atoms with van der Waals surface area (Å²) in [5, 5.41) is 1.82. The van der Waals surface area contributed by atoms with E-state index in [1.165, 1.54) is 19.3 Å². The Morgan fingerprint density at radius 3 is 2.79 bits per heavy atom. The Kier molecular flexibility index (Phi) is 3.61. The van der Waals surface area contributed by atoms with Crippen LogP contribution in [0.5, 0.6) is 0 Å². The van der Waals surface area contributed by atoms with Crippen LogP contribution in [0.1, 0.15) is 32.1 Å². The van der Waals surface area contributed by atoms with Gasteiger partial charge in [-0.15, -0.1) is 0 Å². The highest BCUT2D eigenvalue weighted by Crippen LogP contribution is 2.27. The van der Waals surface area contributed by atoms with Crippen LogP contribution in [0.2, 0.25) is 5.02 Å². The third-order valence-corrected chi connectivity index (χ3v) is 4.43. The van der Waals surface area contributed by atoms with Gasteiger partial charge in [0.25, 0.3) is 0 Å². The van der Waals surface area contributed by atoms with Crippen LogP contribution < -0.4 is 0 Å². The molecule has 1 heterocycles. The monoisotopic (exact) mass is 275 g/mol. The summed E-state index contributed by atoms with van der Waals surface area (Å²) in [6.07, 6.45) is 7.77. The summed E-state index contributed by atoms with van der Waals surface area (Å²) in [6, 6.07) is 7.88. The molecule has 1 aromatic carbocycles. The molecule has 0 saturated heterocycles. The number of nitrogens with zero attached hydrogens (tertiary/aromatic N) is 1. The summed E-state index contributed by atoms with van der Waals surface area (Å²) >= 11 is 6.24. The molecule has 0 atom stereocenters. The number of carbonyl (C=O) groups excluding carboxylic acids is 1.